The highest BCUT2D eigenvalue weighted by molar-refractivity contribution is 7.92. The molecule has 0 heterocycles. The molecule has 200 valence electrons. The minimum atomic E-state index is -3.96. The number of hydrogen-bond acceptors (Lipinski definition) is 4. The number of hydrogen-bond donors (Lipinski definition) is 3. The zero-order valence-corrected chi connectivity index (χ0v) is 23.1. The molecule has 0 radical (unpaired) electrons. The van der Waals surface area contributed by atoms with E-state index in [9.17, 15) is 18.0 Å². The molecule has 0 aromatic heterocycles. The van der Waals surface area contributed by atoms with Crippen LogP contribution in [0.15, 0.2) is 95.9 Å². The highest BCUT2D eigenvalue weighted by Gasteiger charge is 2.21. The lowest BCUT2D eigenvalue weighted by atomic mass is 10.1. The first-order valence-electron chi connectivity index (χ1n) is 12.5. The molecular formula is C31H31N3O4S. The van der Waals surface area contributed by atoms with E-state index in [0.29, 0.717) is 22.5 Å². The second kappa shape index (κ2) is 11.5. The summed E-state index contributed by atoms with van der Waals surface area (Å²) >= 11 is 0. The number of anilines is 2. The number of carbonyl (C=O) groups excluding carboxylic acids is 2. The van der Waals surface area contributed by atoms with Gasteiger partial charge in [0.25, 0.3) is 21.8 Å². The molecule has 0 spiro atoms. The van der Waals surface area contributed by atoms with Crippen LogP contribution in [0.25, 0.3) is 0 Å². The third-order valence-corrected chi connectivity index (χ3v) is 8.09. The minimum Gasteiger partial charge on any atom is -0.345 e. The lowest BCUT2D eigenvalue weighted by Crippen LogP contribution is -2.28. The van der Waals surface area contributed by atoms with Crippen molar-refractivity contribution in [2.75, 3.05) is 10.0 Å². The summed E-state index contributed by atoms with van der Waals surface area (Å²) in [5.74, 6) is -0.874. The van der Waals surface area contributed by atoms with Crippen molar-refractivity contribution in [1.29, 1.82) is 0 Å². The van der Waals surface area contributed by atoms with Crippen LogP contribution < -0.4 is 15.4 Å². The zero-order valence-electron chi connectivity index (χ0n) is 22.3. The molecule has 4 aromatic rings. The third kappa shape index (κ3) is 6.53. The molecule has 0 saturated heterocycles. The molecule has 8 heteroatoms. The Bertz CT molecular complexity index is 1630. The molecular weight excluding hydrogens is 510 g/mol. The van der Waals surface area contributed by atoms with E-state index in [1.54, 1.807) is 55.5 Å². The fourth-order valence-electron chi connectivity index (χ4n) is 4.13. The third-order valence-electron chi connectivity index (χ3n) is 6.57. The molecule has 0 saturated carbocycles. The Labute approximate surface area is 229 Å². The normalized spacial score (nSPS) is 11.9. The molecule has 0 aliphatic heterocycles. The van der Waals surface area contributed by atoms with E-state index >= 15 is 0 Å². The van der Waals surface area contributed by atoms with Crippen LogP contribution in [-0.4, -0.2) is 20.2 Å². The van der Waals surface area contributed by atoms with Gasteiger partial charge in [0.15, 0.2) is 0 Å². The highest BCUT2D eigenvalue weighted by Crippen LogP contribution is 2.24. The van der Waals surface area contributed by atoms with E-state index in [4.69, 9.17) is 0 Å². The van der Waals surface area contributed by atoms with Crippen LogP contribution in [0, 0.1) is 20.8 Å². The van der Waals surface area contributed by atoms with Gasteiger partial charge in [0.1, 0.15) is 0 Å². The first kappa shape index (κ1) is 27.6. The Hall–Kier alpha value is -4.43. The predicted molar refractivity (Wildman–Crippen MR) is 155 cm³/mol. The van der Waals surface area contributed by atoms with E-state index in [1.165, 1.54) is 6.07 Å². The van der Waals surface area contributed by atoms with Crippen molar-refractivity contribution in [3.63, 3.8) is 0 Å². The number of nitrogens with one attached hydrogen (secondary N) is 3. The summed E-state index contributed by atoms with van der Waals surface area (Å²) < 4.78 is 29.0. The zero-order chi connectivity index (χ0) is 28.2. The Morgan fingerprint density at radius 3 is 2.10 bits per heavy atom. The van der Waals surface area contributed by atoms with Crippen molar-refractivity contribution < 1.29 is 18.0 Å². The van der Waals surface area contributed by atoms with Crippen LogP contribution in [-0.2, 0) is 10.0 Å². The maximum atomic E-state index is 13.2. The van der Waals surface area contributed by atoms with Crippen molar-refractivity contribution >= 4 is 33.2 Å². The molecule has 7 nitrogen and oxygen atoms in total. The summed E-state index contributed by atoms with van der Waals surface area (Å²) in [6, 6.07) is 25.8. The molecule has 2 amide bonds. The van der Waals surface area contributed by atoms with Gasteiger partial charge >= 0.3 is 0 Å². The number of para-hydroxylation sites is 1. The summed E-state index contributed by atoms with van der Waals surface area (Å²) in [6.07, 6.45) is 0. The van der Waals surface area contributed by atoms with Gasteiger partial charge in [-0.1, -0.05) is 54.6 Å². The highest BCUT2D eigenvalue weighted by atomic mass is 32.2. The van der Waals surface area contributed by atoms with Crippen molar-refractivity contribution in [3.05, 3.63) is 124 Å². The second-order valence-electron chi connectivity index (χ2n) is 9.49. The summed E-state index contributed by atoms with van der Waals surface area (Å²) in [6.45, 7) is 7.41. The largest absolute Gasteiger partial charge is 0.345 e. The predicted octanol–water partition coefficient (Wildman–Crippen LogP) is 6.16. The SMILES string of the molecule is Cc1ccc(NS(=O)(=O)c2cc(C(=O)Nc3ccccc3C(=O)N[C@@H](C)c3ccccc3)ccc2C)cc1C. The fourth-order valence-corrected chi connectivity index (χ4v) is 5.45. The van der Waals surface area contributed by atoms with Crippen LogP contribution >= 0.6 is 0 Å². The molecule has 4 rings (SSSR count). The monoisotopic (exact) mass is 541 g/mol. The van der Waals surface area contributed by atoms with Gasteiger partial charge in [-0.2, -0.15) is 0 Å². The van der Waals surface area contributed by atoms with Gasteiger partial charge in [0.2, 0.25) is 0 Å². The first-order chi connectivity index (χ1) is 18.5. The Balaban J connectivity index is 1.55. The number of aryl methyl sites for hydroxylation is 3. The van der Waals surface area contributed by atoms with Crippen molar-refractivity contribution in [2.45, 2.75) is 38.6 Å². The smallest absolute Gasteiger partial charge is 0.262 e. The minimum absolute atomic E-state index is 0.00362. The van der Waals surface area contributed by atoms with Gasteiger partial charge in [-0.25, -0.2) is 8.42 Å². The maximum Gasteiger partial charge on any atom is 0.262 e. The van der Waals surface area contributed by atoms with Crippen LogP contribution in [0.1, 0.15) is 55.9 Å². The molecule has 1 atom stereocenters. The van der Waals surface area contributed by atoms with Crippen LogP contribution in [0.2, 0.25) is 0 Å². The maximum absolute atomic E-state index is 13.2. The molecule has 4 aromatic carbocycles. The molecule has 0 fully saturated rings. The van der Waals surface area contributed by atoms with Gasteiger partial charge in [0, 0.05) is 11.3 Å². The number of amides is 2. The van der Waals surface area contributed by atoms with Crippen LogP contribution in [0.4, 0.5) is 11.4 Å². The van der Waals surface area contributed by atoms with Crippen LogP contribution in [0.5, 0.6) is 0 Å². The molecule has 0 bridgehead atoms. The molecule has 0 unspecified atom stereocenters. The van der Waals surface area contributed by atoms with E-state index in [-0.39, 0.29) is 22.4 Å². The van der Waals surface area contributed by atoms with Gasteiger partial charge in [-0.15, -0.1) is 0 Å². The Morgan fingerprint density at radius 2 is 1.38 bits per heavy atom. The Kier molecular flexibility index (Phi) is 8.16. The lowest BCUT2D eigenvalue weighted by Gasteiger charge is -2.17. The summed E-state index contributed by atoms with van der Waals surface area (Å²) in [5, 5.41) is 5.72. The summed E-state index contributed by atoms with van der Waals surface area (Å²) in [7, 11) is -3.96. The van der Waals surface area contributed by atoms with E-state index < -0.39 is 15.9 Å². The molecule has 39 heavy (non-hydrogen) atoms. The number of carbonyl (C=O) groups is 2. The van der Waals surface area contributed by atoms with Crippen molar-refractivity contribution in [2.24, 2.45) is 0 Å². The second-order valence-corrected chi connectivity index (χ2v) is 11.1. The quantitative estimate of drug-likeness (QED) is 0.249. The number of sulfonamides is 1. The summed E-state index contributed by atoms with van der Waals surface area (Å²) in [5.41, 5.74) is 4.67. The van der Waals surface area contributed by atoms with Crippen molar-refractivity contribution in [3.8, 4) is 0 Å². The topological polar surface area (TPSA) is 104 Å². The molecule has 0 aliphatic rings. The van der Waals surface area contributed by atoms with E-state index in [1.807, 2.05) is 57.2 Å². The fraction of sp³-hybridized carbons (Fsp3) is 0.161. The standard InChI is InChI=1S/C31H31N3O4S/c1-20-15-17-26(18-22(20)3)34-39(37,38)29-19-25(16-14-21(29)2)30(35)33-28-13-9-8-12-27(28)31(36)32-23(4)24-10-6-5-7-11-24/h5-19,23,34H,1-4H3,(H,32,36)(H,33,35)/t23-/m0/s1. The molecule has 0 aliphatic carbocycles. The van der Waals surface area contributed by atoms with E-state index in [2.05, 4.69) is 15.4 Å². The van der Waals surface area contributed by atoms with Crippen molar-refractivity contribution in [1.82, 2.24) is 5.32 Å². The van der Waals surface area contributed by atoms with E-state index in [0.717, 1.165) is 16.7 Å². The average Bonchev–Trinajstić information content (AvgIpc) is 2.91. The average molecular weight is 542 g/mol. The lowest BCUT2D eigenvalue weighted by molar-refractivity contribution is 0.0940. The van der Waals surface area contributed by atoms with Gasteiger partial charge in [-0.05, 0) is 86.3 Å². The summed E-state index contributed by atoms with van der Waals surface area (Å²) in [4.78, 5) is 26.3. The van der Waals surface area contributed by atoms with Gasteiger partial charge in [0.05, 0.1) is 22.2 Å². The van der Waals surface area contributed by atoms with Crippen LogP contribution in [0.3, 0.4) is 0 Å². The number of benzene rings is 4. The number of rotatable bonds is 8. The van der Waals surface area contributed by atoms with Gasteiger partial charge in [-0.3, -0.25) is 14.3 Å². The Morgan fingerprint density at radius 1 is 0.718 bits per heavy atom. The molecule has 3 N–H and O–H groups in total. The first-order valence-corrected chi connectivity index (χ1v) is 14.0. The van der Waals surface area contributed by atoms with Gasteiger partial charge < -0.3 is 10.6 Å².